The summed E-state index contributed by atoms with van der Waals surface area (Å²) in [6, 6.07) is 15.3. The van der Waals surface area contributed by atoms with Crippen LogP contribution in [0.2, 0.25) is 15.1 Å². The number of fused-ring (bicyclic) bond motifs is 3. The van der Waals surface area contributed by atoms with Gasteiger partial charge in [0.05, 0.1) is 21.7 Å². The minimum Gasteiger partial charge on any atom is -0.464 e. The maximum Gasteiger partial charge on any atom is 0.215 e. The quantitative estimate of drug-likeness (QED) is 0.435. The summed E-state index contributed by atoms with van der Waals surface area (Å²) in [6.07, 6.45) is 0.366. The molecule has 3 nitrogen and oxygen atoms in total. The lowest BCUT2D eigenvalue weighted by Gasteiger charge is -2.38. The molecule has 2 aromatic carbocycles. The Morgan fingerprint density at radius 3 is 2.59 bits per heavy atom. The molecule has 0 radical (unpaired) electrons. The fourth-order valence-corrected chi connectivity index (χ4v) is 4.96. The second-order valence-electron chi connectivity index (χ2n) is 6.44. The van der Waals surface area contributed by atoms with Gasteiger partial charge in [-0.15, -0.1) is 11.3 Å². The molecule has 0 bridgehead atoms. The van der Waals surface area contributed by atoms with Crippen LogP contribution in [0.5, 0.6) is 5.75 Å². The second-order valence-corrected chi connectivity index (χ2v) is 8.67. The van der Waals surface area contributed by atoms with E-state index < -0.39 is 6.23 Å². The number of thiophene rings is 1. The third-order valence-electron chi connectivity index (χ3n) is 4.79. The first-order valence-electron chi connectivity index (χ1n) is 8.41. The summed E-state index contributed by atoms with van der Waals surface area (Å²) < 4.78 is 6.31. The van der Waals surface area contributed by atoms with Gasteiger partial charge in [0.1, 0.15) is 5.75 Å². The summed E-state index contributed by atoms with van der Waals surface area (Å²) in [5, 5.41) is 10.8. The molecule has 27 heavy (non-hydrogen) atoms. The Labute approximate surface area is 175 Å². The Morgan fingerprint density at radius 2 is 1.81 bits per heavy atom. The van der Waals surface area contributed by atoms with Crippen molar-refractivity contribution < 1.29 is 4.74 Å². The molecule has 5 rings (SSSR count). The largest absolute Gasteiger partial charge is 0.464 e. The van der Waals surface area contributed by atoms with Crippen molar-refractivity contribution in [1.29, 1.82) is 0 Å². The summed E-state index contributed by atoms with van der Waals surface area (Å²) in [4.78, 5) is 1.16. The molecule has 2 aliphatic rings. The van der Waals surface area contributed by atoms with Crippen LogP contribution in [-0.2, 0) is 0 Å². The molecule has 1 aromatic heterocycles. The molecule has 0 spiro atoms. The topological polar surface area (TPSA) is 24.8 Å². The molecule has 3 heterocycles. The Morgan fingerprint density at radius 1 is 1.00 bits per heavy atom. The highest BCUT2D eigenvalue weighted by molar-refractivity contribution is 7.12. The van der Waals surface area contributed by atoms with Gasteiger partial charge in [0.15, 0.2) is 0 Å². The third-order valence-corrected chi connectivity index (χ3v) is 6.50. The maximum atomic E-state index is 6.48. The number of hydrogen-bond acceptors (Lipinski definition) is 4. The molecular weight excluding hydrogens is 423 g/mol. The Hall–Kier alpha value is -1.72. The van der Waals surface area contributed by atoms with Gasteiger partial charge in [-0.05, 0) is 41.8 Å². The van der Waals surface area contributed by atoms with E-state index in [4.69, 9.17) is 44.6 Å². The van der Waals surface area contributed by atoms with Crippen molar-refractivity contribution in [3.8, 4) is 5.75 Å². The Bertz CT molecular complexity index is 1050. The van der Waals surface area contributed by atoms with Gasteiger partial charge in [0.25, 0.3) is 0 Å². The van der Waals surface area contributed by atoms with Crippen molar-refractivity contribution in [1.82, 2.24) is 5.01 Å². The monoisotopic (exact) mass is 434 g/mol. The highest BCUT2D eigenvalue weighted by Crippen LogP contribution is 2.49. The standard InChI is InChI=1S/C20H13Cl3N2OS/c21-11-4-6-18-14(8-11)17-10-16(19-2-1-7-27-19)24-25(17)20(26-18)13-5-3-12(22)9-15(13)23/h1-9,17,20H,10H2/t17-,20-/m0/s1. The lowest BCUT2D eigenvalue weighted by Crippen LogP contribution is -2.33. The molecule has 2 atom stereocenters. The van der Waals surface area contributed by atoms with Crippen LogP contribution in [0.4, 0.5) is 0 Å². The van der Waals surface area contributed by atoms with Crippen molar-refractivity contribution in [2.75, 3.05) is 0 Å². The smallest absolute Gasteiger partial charge is 0.215 e. The normalized spacial score (nSPS) is 20.7. The highest BCUT2D eigenvalue weighted by Gasteiger charge is 2.41. The minimum atomic E-state index is -0.425. The fourth-order valence-electron chi connectivity index (χ4n) is 3.56. The molecule has 0 amide bonds. The molecule has 2 aliphatic heterocycles. The van der Waals surface area contributed by atoms with Gasteiger partial charge >= 0.3 is 0 Å². The maximum absolute atomic E-state index is 6.48. The molecule has 0 saturated carbocycles. The number of nitrogens with zero attached hydrogens (tertiary/aromatic N) is 2. The Kier molecular flexibility index (Phi) is 4.32. The van der Waals surface area contributed by atoms with Gasteiger partial charge in [0.2, 0.25) is 6.23 Å². The van der Waals surface area contributed by atoms with Crippen molar-refractivity contribution in [2.45, 2.75) is 18.7 Å². The minimum absolute atomic E-state index is 0.0429. The van der Waals surface area contributed by atoms with Gasteiger partial charge < -0.3 is 4.74 Å². The van der Waals surface area contributed by atoms with E-state index in [0.717, 1.165) is 33.9 Å². The lowest BCUT2D eigenvalue weighted by atomic mass is 9.97. The zero-order chi connectivity index (χ0) is 18.5. The number of halogens is 3. The molecule has 0 unspecified atom stereocenters. The van der Waals surface area contributed by atoms with Crippen molar-refractivity contribution in [3.63, 3.8) is 0 Å². The fraction of sp³-hybridized carbons (Fsp3) is 0.150. The van der Waals surface area contributed by atoms with E-state index in [1.165, 1.54) is 0 Å². The van der Waals surface area contributed by atoms with Crippen LogP contribution in [-0.4, -0.2) is 10.7 Å². The zero-order valence-electron chi connectivity index (χ0n) is 13.9. The SMILES string of the molecule is Clc1ccc([C@@H]2Oc3ccc(Cl)cc3[C@@H]3CC(c4cccs4)=NN32)c(Cl)c1. The third kappa shape index (κ3) is 3.01. The average molecular weight is 436 g/mol. The number of benzene rings is 2. The van der Waals surface area contributed by atoms with Gasteiger partial charge in [0, 0.05) is 27.6 Å². The molecular formula is C20H13Cl3N2OS. The summed E-state index contributed by atoms with van der Waals surface area (Å²) >= 11 is 20.5. The summed E-state index contributed by atoms with van der Waals surface area (Å²) in [5.74, 6) is 0.805. The predicted molar refractivity (Wildman–Crippen MR) is 111 cm³/mol. The van der Waals surface area contributed by atoms with Crippen LogP contribution in [0, 0.1) is 0 Å². The number of rotatable bonds is 2. The van der Waals surface area contributed by atoms with Gasteiger partial charge in [-0.3, -0.25) is 0 Å². The van der Waals surface area contributed by atoms with Crippen LogP contribution in [0.15, 0.2) is 59.0 Å². The van der Waals surface area contributed by atoms with Crippen LogP contribution in [0.3, 0.4) is 0 Å². The van der Waals surface area contributed by atoms with E-state index in [1.54, 1.807) is 17.4 Å². The number of ether oxygens (including phenoxy) is 1. The molecule has 3 aromatic rings. The first kappa shape index (κ1) is 17.4. The van der Waals surface area contributed by atoms with Gasteiger partial charge in [-0.1, -0.05) is 46.9 Å². The average Bonchev–Trinajstić information content (AvgIpc) is 3.31. The first-order chi connectivity index (χ1) is 13.1. The lowest BCUT2D eigenvalue weighted by molar-refractivity contribution is -0.0189. The van der Waals surface area contributed by atoms with Crippen LogP contribution < -0.4 is 4.74 Å². The van der Waals surface area contributed by atoms with Crippen molar-refractivity contribution >= 4 is 51.9 Å². The van der Waals surface area contributed by atoms with Crippen LogP contribution >= 0.6 is 46.1 Å². The predicted octanol–water partition coefficient (Wildman–Crippen LogP) is 6.95. The van der Waals surface area contributed by atoms with Gasteiger partial charge in [-0.25, -0.2) is 5.01 Å². The van der Waals surface area contributed by atoms with E-state index in [0.29, 0.717) is 15.1 Å². The highest BCUT2D eigenvalue weighted by atomic mass is 35.5. The number of hydrogen-bond donors (Lipinski definition) is 0. The molecule has 0 N–H and O–H groups in total. The van der Waals surface area contributed by atoms with E-state index in [2.05, 4.69) is 11.4 Å². The second kappa shape index (κ2) is 6.71. The van der Waals surface area contributed by atoms with Gasteiger partial charge in [-0.2, -0.15) is 5.10 Å². The molecule has 136 valence electrons. The zero-order valence-corrected chi connectivity index (χ0v) is 17.0. The molecule has 0 saturated heterocycles. The number of hydrazone groups is 1. The summed E-state index contributed by atoms with van der Waals surface area (Å²) in [5.41, 5.74) is 2.92. The van der Waals surface area contributed by atoms with Crippen LogP contribution in [0.25, 0.3) is 0 Å². The van der Waals surface area contributed by atoms with Crippen molar-refractivity contribution in [3.05, 3.63) is 85.0 Å². The molecule has 7 heteroatoms. The molecule has 0 fully saturated rings. The summed E-state index contributed by atoms with van der Waals surface area (Å²) in [7, 11) is 0. The van der Waals surface area contributed by atoms with E-state index in [1.807, 2.05) is 41.4 Å². The van der Waals surface area contributed by atoms with E-state index >= 15 is 0 Å². The van der Waals surface area contributed by atoms with E-state index in [9.17, 15) is 0 Å². The van der Waals surface area contributed by atoms with Crippen LogP contribution in [0.1, 0.15) is 34.7 Å². The first-order valence-corrected chi connectivity index (χ1v) is 10.4. The summed E-state index contributed by atoms with van der Waals surface area (Å²) in [6.45, 7) is 0. The Balaban J connectivity index is 1.64. The van der Waals surface area contributed by atoms with Crippen molar-refractivity contribution in [2.24, 2.45) is 5.10 Å². The molecule has 0 aliphatic carbocycles. The van der Waals surface area contributed by atoms with E-state index in [-0.39, 0.29) is 6.04 Å².